The molecule has 0 aliphatic carbocycles. The van der Waals surface area contributed by atoms with Gasteiger partial charge < -0.3 is 29.9 Å². The van der Waals surface area contributed by atoms with Crippen LogP contribution in [0, 0.1) is 12.3 Å². The topological polar surface area (TPSA) is 140 Å². The third-order valence-corrected chi connectivity index (χ3v) is 4.48. The van der Waals surface area contributed by atoms with Crippen LogP contribution in [0.25, 0.3) is 0 Å². The van der Waals surface area contributed by atoms with Crippen LogP contribution in [0.4, 0.5) is 0 Å². The van der Waals surface area contributed by atoms with Gasteiger partial charge in [-0.2, -0.15) is 0 Å². The lowest BCUT2D eigenvalue weighted by atomic mass is 9.82. The standard InChI is InChI=1S/C20H23BN2O7/c1-3-5-14(22-4-2)10-17(24)23-11-15(12-23)30-16-7-6-13(8-9-21(28)29)19(25)18(16)20(26)27/h1,4-7,15,25,28-29H,8-12H2,2H3,(H,26,27)/b14-5-,22-4?. The van der Waals surface area contributed by atoms with E-state index in [1.54, 1.807) is 13.1 Å². The molecule has 1 aliphatic heterocycles. The molecule has 0 atom stereocenters. The van der Waals surface area contributed by atoms with E-state index >= 15 is 0 Å². The van der Waals surface area contributed by atoms with Crippen molar-refractivity contribution in [1.82, 2.24) is 4.90 Å². The molecule has 1 saturated heterocycles. The first kappa shape index (κ1) is 23.0. The maximum atomic E-state index is 12.3. The summed E-state index contributed by atoms with van der Waals surface area (Å²) in [6.45, 7) is 2.24. The molecule has 1 aliphatic rings. The first-order valence-electron chi connectivity index (χ1n) is 9.29. The Morgan fingerprint density at radius 3 is 2.67 bits per heavy atom. The van der Waals surface area contributed by atoms with Gasteiger partial charge in [0.25, 0.3) is 0 Å². The summed E-state index contributed by atoms with van der Waals surface area (Å²) >= 11 is 0. The number of allylic oxidation sites excluding steroid dienone is 1. The Kier molecular flexibility index (Phi) is 8.03. The van der Waals surface area contributed by atoms with E-state index < -0.39 is 30.5 Å². The number of carbonyl (C=O) groups excluding carboxylic acids is 1. The van der Waals surface area contributed by atoms with Crippen LogP contribution in [-0.2, 0) is 11.2 Å². The molecule has 1 heterocycles. The summed E-state index contributed by atoms with van der Waals surface area (Å²) in [7, 11) is -1.56. The lowest BCUT2D eigenvalue weighted by Gasteiger charge is -2.39. The molecule has 1 amide bonds. The quantitative estimate of drug-likeness (QED) is 0.265. The first-order chi connectivity index (χ1) is 14.3. The molecule has 4 N–H and O–H groups in total. The fourth-order valence-electron chi connectivity index (χ4n) is 2.97. The van der Waals surface area contributed by atoms with Gasteiger partial charge in [-0.15, -0.1) is 6.42 Å². The van der Waals surface area contributed by atoms with Crippen LogP contribution in [0.3, 0.4) is 0 Å². The first-order valence-corrected chi connectivity index (χ1v) is 9.29. The van der Waals surface area contributed by atoms with Gasteiger partial charge in [0, 0.05) is 12.3 Å². The van der Waals surface area contributed by atoms with Crippen LogP contribution < -0.4 is 4.74 Å². The molecule has 0 bridgehead atoms. The SMILES string of the molecule is C#C/C=C(/CC(=O)N1CC(Oc2ccc(CCB(O)O)c(O)c2C(=O)O)C1)N=CC. The van der Waals surface area contributed by atoms with Gasteiger partial charge in [-0.1, -0.05) is 12.0 Å². The smallest absolute Gasteiger partial charge is 0.451 e. The molecular weight excluding hydrogens is 391 g/mol. The number of benzene rings is 1. The van der Waals surface area contributed by atoms with Crippen molar-refractivity contribution in [2.75, 3.05) is 13.1 Å². The lowest BCUT2D eigenvalue weighted by molar-refractivity contribution is -0.139. The second kappa shape index (κ2) is 10.5. The monoisotopic (exact) mass is 414 g/mol. The Balaban J connectivity index is 2.02. The molecule has 0 saturated carbocycles. The molecular formula is C20H23BN2O7. The fraction of sp³-hybridized carbons (Fsp3) is 0.350. The number of rotatable bonds is 9. The number of carbonyl (C=O) groups is 2. The minimum Gasteiger partial charge on any atom is -0.507 e. The molecule has 158 valence electrons. The number of ether oxygens (including phenoxy) is 1. The van der Waals surface area contributed by atoms with E-state index in [0.29, 0.717) is 5.70 Å². The summed E-state index contributed by atoms with van der Waals surface area (Å²) < 4.78 is 5.67. The van der Waals surface area contributed by atoms with Gasteiger partial charge in [0.1, 0.15) is 23.2 Å². The maximum absolute atomic E-state index is 12.3. The Hall–Kier alpha value is -3.29. The van der Waals surface area contributed by atoms with Crippen molar-refractivity contribution in [2.45, 2.75) is 32.2 Å². The average molecular weight is 414 g/mol. The summed E-state index contributed by atoms with van der Waals surface area (Å²) in [6, 6.07) is 2.89. The van der Waals surface area contributed by atoms with Crippen molar-refractivity contribution in [3.05, 3.63) is 35.0 Å². The van der Waals surface area contributed by atoms with Crippen LogP contribution in [0.5, 0.6) is 11.5 Å². The van der Waals surface area contributed by atoms with Crippen molar-refractivity contribution in [3.8, 4) is 23.8 Å². The number of phenols is 1. The average Bonchev–Trinajstić information content (AvgIpc) is 2.63. The van der Waals surface area contributed by atoms with E-state index in [2.05, 4.69) is 10.9 Å². The molecule has 0 unspecified atom stereocenters. The Bertz CT molecular complexity index is 899. The molecule has 10 heteroatoms. The number of aryl methyl sites for hydroxylation is 1. The second-order valence-corrected chi connectivity index (χ2v) is 6.68. The van der Waals surface area contributed by atoms with Crippen LogP contribution in [0.15, 0.2) is 28.9 Å². The predicted molar refractivity (Wildman–Crippen MR) is 110 cm³/mol. The van der Waals surface area contributed by atoms with Crippen molar-refractivity contribution < 1.29 is 34.6 Å². The number of terminal acetylenes is 1. The van der Waals surface area contributed by atoms with Crippen LogP contribution in [-0.4, -0.2) is 69.6 Å². The number of amides is 1. The van der Waals surface area contributed by atoms with Crippen molar-refractivity contribution in [3.63, 3.8) is 0 Å². The molecule has 0 radical (unpaired) electrons. The number of hydrogen-bond acceptors (Lipinski definition) is 7. The molecule has 1 fully saturated rings. The highest BCUT2D eigenvalue weighted by molar-refractivity contribution is 6.41. The fourth-order valence-corrected chi connectivity index (χ4v) is 2.97. The van der Waals surface area contributed by atoms with Gasteiger partial charge in [0.05, 0.1) is 25.2 Å². The van der Waals surface area contributed by atoms with E-state index in [4.69, 9.17) is 21.2 Å². The third-order valence-electron chi connectivity index (χ3n) is 4.48. The summed E-state index contributed by atoms with van der Waals surface area (Å²) in [5.74, 6) is 0.289. The molecule has 30 heavy (non-hydrogen) atoms. The number of hydrogen-bond donors (Lipinski definition) is 4. The van der Waals surface area contributed by atoms with Crippen molar-refractivity contribution in [2.24, 2.45) is 4.99 Å². The minimum atomic E-state index is -1.56. The van der Waals surface area contributed by atoms with Gasteiger partial charge in [-0.05, 0) is 31.3 Å². The van der Waals surface area contributed by atoms with E-state index in [-0.39, 0.29) is 49.5 Å². The highest BCUT2D eigenvalue weighted by Crippen LogP contribution is 2.34. The van der Waals surface area contributed by atoms with E-state index in [0.717, 1.165) is 0 Å². The number of aliphatic imine (C=N–C) groups is 1. The van der Waals surface area contributed by atoms with Crippen molar-refractivity contribution in [1.29, 1.82) is 0 Å². The number of aromatic carboxylic acids is 1. The van der Waals surface area contributed by atoms with E-state index in [1.165, 1.54) is 23.1 Å². The largest absolute Gasteiger partial charge is 0.507 e. The summed E-state index contributed by atoms with van der Waals surface area (Å²) in [5.41, 5.74) is 0.333. The Morgan fingerprint density at radius 2 is 2.10 bits per heavy atom. The summed E-state index contributed by atoms with van der Waals surface area (Å²) in [6.07, 6.45) is 7.85. The Labute approximate surface area is 174 Å². The molecule has 1 aromatic rings. The number of likely N-dealkylation sites (tertiary alicyclic amines) is 1. The van der Waals surface area contributed by atoms with Crippen LogP contribution in [0.2, 0.25) is 6.32 Å². The number of nitrogens with zero attached hydrogens (tertiary/aromatic N) is 2. The zero-order valence-corrected chi connectivity index (χ0v) is 16.5. The highest BCUT2D eigenvalue weighted by atomic mass is 16.5. The lowest BCUT2D eigenvalue weighted by Crippen LogP contribution is -2.56. The molecule has 0 spiro atoms. The van der Waals surface area contributed by atoms with Crippen LogP contribution >= 0.6 is 0 Å². The summed E-state index contributed by atoms with van der Waals surface area (Å²) in [4.78, 5) is 29.5. The third kappa shape index (κ3) is 5.86. The highest BCUT2D eigenvalue weighted by Gasteiger charge is 2.34. The van der Waals surface area contributed by atoms with Gasteiger partial charge >= 0.3 is 13.1 Å². The van der Waals surface area contributed by atoms with Gasteiger partial charge in [0.15, 0.2) is 0 Å². The molecule has 0 aromatic heterocycles. The summed E-state index contributed by atoms with van der Waals surface area (Å²) in [5, 5.41) is 37.6. The van der Waals surface area contributed by atoms with Gasteiger partial charge in [0.2, 0.25) is 5.91 Å². The molecule has 9 nitrogen and oxygen atoms in total. The van der Waals surface area contributed by atoms with Gasteiger partial charge in [-0.25, -0.2) is 4.79 Å². The molecule has 1 aromatic carbocycles. The zero-order chi connectivity index (χ0) is 22.3. The zero-order valence-electron chi connectivity index (χ0n) is 16.5. The van der Waals surface area contributed by atoms with E-state index in [9.17, 15) is 19.8 Å². The Morgan fingerprint density at radius 1 is 1.40 bits per heavy atom. The normalized spacial score (nSPS) is 14.3. The second-order valence-electron chi connectivity index (χ2n) is 6.68. The number of carboxylic acid groups (broad SMARTS) is 1. The maximum Gasteiger partial charge on any atom is 0.451 e. The number of carboxylic acids is 1. The van der Waals surface area contributed by atoms with Crippen molar-refractivity contribution >= 4 is 25.2 Å². The van der Waals surface area contributed by atoms with E-state index in [1.807, 2.05) is 0 Å². The molecule has 2 rings (SSSR count). The number of aromatic hydroxyl groups is 1. The minimum absolute atomic E-state index is 0.0195. The predicted octanol–water partition coefficient (Wildman–Crippen LogP) is 0.693. The van der Waals surface area contributed by atoms with Crippen LogP contribution in [0.1, 0.15) is 29.3 Å². The van der Waals surface area contributed by atoms with Gasteiger partial charge in [-0.3, -0.25) is 9.79 Å².